The number of esters is 1. The largest absolute Gasteiger partial charge is 0.465 e. The highest BCUT2D eigenvalue weighted by atomic mass is 16.6. The Bertz CT molecular complexity index is 1340. The first-order chi connectivity index (χ1) is 19.7. The number of likely N-dealkylation sites (tertiary alicyclic amines) is 1. The molecule has 0 radical (unpaired) electrons. The number of benzene rings is 1. The molecule has 0 aliphatic carbocycles. The summed E-state index contributed by atoms with van der Waals surface area (Å²) in [7, 11) is 0. The number of aromatic nitrogens is 3. The molecule has 1 aromatic carbocycles. The van der Waals surface area contributed by atoms with Gasteiger partial charge in [-0.25, -0.2) is 4.68 Å². The lowest BCUT2D eigenvalue weighted by atomic mass is 9.62. The SMILES string of the molecule is C=CCCCOC(=O)[C@H]1[C@H]2C(=O)N(CCCO)C(C(=O)N(CC=C)Cn3nnc4ccccc43)C23CC(C)[C@]1(C)O3. The number of unbranched alkanes of at least 4 members (excludes halogenated alkanes) is 1. The number of fused-ring (bicyclic) bond motifs is 2. The van der Waals surface area contributed by atoms with E-state index in [0.29, 0.717) is 24.8 Å². The molecule has 6 atom stereocenters. The van der Waals surface area contributed by atoms with Gasteiger partial charge in [0.15, 0.2) is 0 Å². The Balaban J connectivity index is 1.51. The lowest BCUT2D eigenvalue weighted by molar-refractivity contribution is -0.162. The van der Waals surface area contributed by atoms with Gasteiger partial charge in [-0.2, -0.15) is 0 Å². The Morgan fingerprint density at radius 3 is 2.78 bits per heavy atom. The van der Waals surface area contributed by atoms with Gasteiger partial charge in [-0.15, -0.1) is 18.3 Å². The lowest BCUT2D eigenvalue weighted by Gasteiger charge is -2.37. The molecule has 3 unspecified atom stereocenters. The summed E-state index contributed by atoms with van der Waals surface area (Å²) in [5, 5.41) is 18.1. The average molecular weight is 566 g/mol. The number of nitrogens with zero attached hydrogens (tertiary/aromatic N) is 5. The molecule has 3 saturated heterocycles. The van der Waals surface area contributed by atoms with E-state index in [1.54, 1.807) is 21.7 Å². The number of amides is 2. The zero-order valence-electron chi connectivity index (χ0n) is 23.8. The second kappa shape index (κ2) is 11.4. The van der Waals surface area contributed by atoms with Crippen molar-refractivity contribution in [2.24, 2.45) is 17.8 Å². The van der Waals surface area contributed by atoms with Gasteiger partial charge in [0.05, 0.1) is 23.6 Å². The van der Waals surface area contributed by atoms with Crippen LogP contribution in [-0.2, 0) is 30.5 Å². The quantitative estimate of drug-likeness (QED) is 0.223. The van der Waals surface area contributed by atoms with Crippen LogP contribution in [0, 0.1) is 17.8 Å². The smallest absolute Gasteiger partial charge is 0.312 e. The topological polar surface area (TPSA) is 127 Å². The van der Waals surface area contributed by atoms with Gasteiger partial charge < -0.3 is 24.4 Å². The van der Waals surface area contributed by atoms with Crippen LogP contribution < -0.4 is 0 Å². The van der Waals surface area contributed by atoms with Crippen LogP contribution in [-0.4, -0.2) is 91.2 Å². The number of para-hydroxylation sites is 1. The van der Waals surface area contributed by atoms with Crippen LogP contribution in [0.25, 0.3) is 11.0 Å². The standard InChI is InChI=1S/C30H39N5O6/c1-5-7-10-17-40-28(39)24-23-26(37)34(15-11-16-36)25(30(23)18-20(3)29(24,4)41-30)27(38)33(14-6-2)19-35-22-13-9-8-12-21(22)31-32-35/h5-6,8-9,12-13,20,23-25,36H,1-2,7,10-11,14-19H2,3-4H3/t20?,23-,24+,25?,29-,30?/m0/s1. The van der Waals surface area contributed by atoms with Crippen molar-refractivity contribution in [3.63, 3.8) is 0 Å². The van der Waals surface area contributed by atoms with Gasteiger partial charge >= 0.3 is 5.97 Å². The van der Waals surface area contributed by atoms with E-state index >= 15 is 0 Å². The highest BCUT2D eigenvalue weighted by molar-refractivity contribution is 5.98. The molecule has 2 amide bonds. The summed E-state index contributed by atoms with van der Waals surface area (Å²) in [6, 6.07) is 6.49. The molecule has 41 heavy (non-hydrogen) atoms. The molecule has 3 fully saturated rings. The molecule has 11 heteroatoms. The molecule has 220 valence electrons. The van der Waals surface area contributed by atoms with E-state index in [-0.39, 0.29) is 57.1 Å². The van der Waals surface area contributed by atoms with E-state index in [1.807, 2.05) is 38.1 Å². The number of aliphatic hydroxyl groups excluding tert-OH is 1. The fourth-order valence-electron chi connectivity index (χ4n) is 7.08. The van der Waals surface area contributed by atoms with E-state index in [2.05, 4.69) is 23.5 Å². The minimum atomic E-state index is -1.20. The number of ether oxygens (including phenoxy) is 2. The third-order valence-electron chi connectivity index (χ3n) is 9.04. The Labute approximate surface area is 239 Å². The van der Waals surface area contributed by atoms with Crippen molar-refractivity contribution in [1.29, 1.82) is 0 Å². The zero-order chi connectivity index (χ0) is 29.4. The summed E-state index contributed by atoms with van der Waals surface area (Å²) < 4.78 is 14.0. The normalized spacial score (nSPS) is 30.0. The van der Waals surface area contributed by atoms with Gasteiger partial charge in [-0.1, -0.05) is 36.4 Å². The van der Waals surface area contributed by atoms with Crippen molar-refractivity contribution in [3.8, 4) is 0 Å². The van der Waals surface area contributed by atoms with Crippen molar-refractivity contribution in [3.05, 3.63) is 49.6 Å². The summed E-state index contributed by atoms with van der Waals surface area (Å²) in [6.45, 7) is 11.9. The molecule has 2 aromatic rings. The molecule has 4 heterocycles. The van der Waals surface area contributed by atoms with Crippen molar-refractivity contribution in [2.45, 2.75) is 63.4 Å². The summed E-state index contributed by atoms with van der Waals surface area (Å²) in [5.74, 6) is -2.92. The van der Waals surface area contributed by atoms with Gasteiger partial charge in [-0.3, -0.25) is 14.4 Å². The third-order valence-corrected chi connectivity index (χ3v) is 9.04. The number of rotatable bonds is 13. The first-order valence-corrected chi connectivity index (χ1v) is 14.3. The van der Waals surface area contributed by atoms with Crippen LogP contribution in [0.1, 0.15) is 39.5 Å². The first kappa shape index (κ1) is 28.9. The molecule has 1 N–H and O–H groups in total. The lowest BCUT2D eigenvalue weighted by Crippen LogP contribution is -2.57. The molecule has 1 aromatic heterocycles. The highest BCUT2D eigenvalue weighted by Gasteiger charge is 2.80. The maximum Gasteiger partial charge on any atom is 0.312 e. The van der Waals surface area contributed by atoms with Crippen LogP contribution in [0.15, 0.2) is 49.6 Å². The average Bonchev–Trinajstić information content (AvgIpc) is 3.63. The fraction of sp³-hybridized carbons (Fsp3) is 0.567. The van der Waals surface area contributed by atoms with Crippen LogP contribution >= 0.6 is 0 Å². The Hall–Kier alpha value is -3.57. The Morgan fingerprint density at radius 2 is 2.05 bits per heavy atom. The maximum absolute atomic E-state index is 14.5. The van der Waals surface area contributed by atoms with Crippen LogP contribution in [0.3, 0.4) is 0 Å². The highest BCUT2D eigenvalue weighted by Crippen LogP contribution is 2.65. The van der Waals surface area contributed by atoms with Crippen LogP contribution in [0.5, 0.6) is 0 Å². The molecule has 0 saturated carbocycles. The molecular formula is C30H39N5O6. The summed E-state index contributed by atoms with van der Waals surface area (Å²) in [5.41, 5.74) is -0.690. The molecule has 11 nitrogen and oxygen atoms in total. The summed E-state index contributed by atoms with van der Waals surface area (Å²) in [6.07, 6.45) is 5.47. The van der Waals surface area contributed by atoms with Gasteiger partial charge in [0.25, 0.3) is 0 Å². The van der Waals surface area contributed by atoms with Crippen LogP contribution in [0.2, 0.25) is 0 Å². The molecule has 5 rings (SSSR count). The van der Waals surface area contributed by atoms with Crippen molar-refractivity contribution in [2.75, 3.05) is 26.3 Å². The van der Waals surface area contributed by atoms with Crippen LogP contribution in [0.4, 0.5) is 0 Å². The molecule has 3 aliphatic rings. The van der Waals surface area contributed by atoms with E-state index < -0.39 is 35.0 Å². The predicted octanol–water partition coefficient (Wildman–Crippen LogP) is 2.31. The van der Waals surface area contributed by atoms with E-state index in [4.69, 9.17) is 9.47 Å². The second-order valence-corrected chi connectivity index (χ2v) is 11.5. The number of allylic oxidation sites excluding steroid dienone is 1. The third kappa shape index (κ3) is 4.64. The molecule has 2 bridgehead atoms. The van der Waals surface area contributed by atoms with Gasteiger partial charge in [0.2, 0.25) is 11.8 Å². The van der Waals surface area contributed by atoms with Crippen molar-refractivity contribution in [1.82, 2.24) is 24.8 Å². The van der Waals surface area contributed by atoms with Crippen molar-refractivity contribution < 1.29 is 29.0 Å². The molecule has 3 aliphatic heterocycles. The van der Waals surface area contributed by atoms with Crippen molar-refractivity contribution >= 4 is 28.8 Å². The Morgan fingerprint density at radius 1 is 1.27 bits per heavy atom. The predicted molar refractivity (Wildman–Crippen MR) is 150 cm³/mol. The number of carbonyl (C=O) groups is 3. The number of carbonyl (C=O) groups excluding carboxylic acids is 3. The molecular weight excluding hydrogens is 526 g/mol. The first-order valence-electron chi connectivity index (χ1n) is 14.3. The van der Waals surface area contributed by atoms with Gasteiger partial charge in [-0.05, 0) is 50.7 Å². The summed E-state index contributed by atoms with van der Waals surface area (Å²) in [4.78, 5) is 45.3. The zero-order valence-corrected chi connectivity index (χ0v) is 23.8. The fourth-order valence-corrected chi connectivity index (χ4v) is 7.08. The van der Waals surface area contributed by atoms with E-state index in [1.165, 1.54) is 4.90 Å². The van der Waals surface area contributed by atoms with Gasteiger partial charge in [0, 0.05) is 19.7 Å². The minimum absolute atomic E-state index is 0.0895. The Kier molecular flexibility index (Phi) is 8.02. The molecule has 1 spiro atoms. The monoisotopic (exact) mass is 565 g/mol. The second-order valence-electron chi connectivity index (χ2n) is 11.5. The van der Waals surface area contributed by atoms with E-state index in [9.17, 15) is 19.5 Å². The summed E-state index contributed by atoms with van der Waals surface area (Å²) >= 11 is 0. The number of hydrogen-bond donors (Lipinski definition) is 1. The minimum Gasteiger partial charge on any atom is -0.465 e. The number of hydrogen-bond acceptors (Lipinski definition) is 8. The maximum atomic E-state index is 14.5. The van der Waals surface area contributed by atoms with E-state index in [0.717, 1.165) is 5.52 Å². The van der Waals surface area contributed by atoms with Gasteiger partial charge in [0.1, 0.15) is 29.7 Å². The number of aliphatic hydroxyl groups is 1.